The van der Waals surface area contributed by atoms with E-state index in [1.54, 1.807) is 0 Å². The van der Waals surface area contributed by atoms with Gasteiger partial charge in [-0.1, -0.05) is 0 Å². The van der Waals surface area contributed by atoms with Crippen molar-refractivity contribution in [2.45, 2.75) is 18.9 Å². The topological polar surface area (TPSA) is 6.48 Å². The monoisotopic (exact) mass is 234 g/mol. The summed E-state index contributed by atoms with van der Waals surface area (Å²) in [6.45, 7) is 2.71. The van der Waals surface area contributed by atoms with Crippen LogP contribution in [-0.2, 0) is 0 Å². The number of hydrogen-bond donors (Lipinski definition) is 0. The summed E-state index contributed by atoms with van der Waals surface area (Å²) in [4.78, 5) is 2.48. The highest BCUT2D eigenvalue weighted by molar-refractivity contribution is 6.98. The third-order valence-electron chi connectivity index (χ3n) is 3.02. The summed E-state index contributed by atoms with van der Waals surface area (Å²) in [7, 11) is 5.93. The molecule has 72 valence electrons. The Morgan fingerprint density at radius 2 is 1.75 bits per heavy atom. The Balaban J connectivity index is 2.32. The summed E-state index contributed by atoms with van der Waals surface area (Å²) in [6, 6.07) is 1.05. The predicted molar refractivity (Wildman–Crippen MR) is 69.3 cm³/mol. The van der Waals surface area contributed by atoms with E-state index in [9.17, 15) is 0 Å². The van der Waals surface area contributed by atoms with Crippen LogP contribution >= 0.6 is 0 Å². The van der Waals surface area contributed by atoms with Crippen LogP contribution in [0.4, 0.5) is 0 Å². The molecule has 0 aromatic heterocycles. The van der Waals surface area contributed by atoms with Crippen molar-refractivity contribution in [3.05, 3.63) is 0 Å². The van der Waals surface area contributed by atoms with E-state index >= 15 is 0 Å². The van der Waals surface area contributed by atoms with Crippen molar-refractivity contribution in [2.24, 2.45) is 0 Å². The smallest absolute Gasteiger partial charge is 0.0674 e. The maximum atomic E-state index is 2.99. The van der Waals surface area contributed by atoms with Crippen LogP contribution in [0.25, 0.3) is 0 Å². The van der Waals surface area contributed by atoms with Gasteiger partial charge in [-0.05, 0) is 39.0 Å². The third-order valence-corrected chi connectivity index (χ3v) is 18.6. The number of likely N-dealkylation sites (tertiary alicyclic amines) is 1. The fourth-order valence-electron chi connectivity index (χ4n) is 2.10. The Labute approximate surface area is 86.3 Å². The van der Waals surface area contributed by atoms with Crippen LogP contribution in [0.2, 0.25) is 0 Å². The van der Waals surface area contributed by atoms with Gasteiger partial charge in [0, 0.05) is 19.5 Å². The van der Waals surface area contributed by atoms with Crippen molar-refractivity contribution in [1.82, 2.24) is 9.13 Å². The number of piperidine rings is 1. The first-order valence-corrected chi connectivity index (χ1v) is 17.8. The van der Waals surface area contributed by atoms with Gasteiger partial charge in [0.05, 0.1) is 18.4 Å². The van der Waals surface area contributed by atoms with Gasteiger partial charge in [-0.2, -0.15) is 0 Å². The lowest BCUT2D eigenvalue weighted by molar-refractivity contribution is 0.221. The molecule has 0 amide bonds. The zero-order valence-corrected chi connectivity index (χ0v) is 15.5. The Bertz CT molecular complexity index is 123. The van der Waals surface area contributed by atoms with Crippen molar-refractivity contribution < 1.29 is 0 Å². The zero-order valence-electron chi connectivity index (χ0n) is 8.71. The number of hydrogen-bond acceptors (Lipinski definition) is 2. The van der Waals surface area contributed by atoms with Crippen LogP contribution in [0.3, 0.4) is 0 Å². The molecule has 0 aliphatic carbocycles. The van der Waals surface area contributed by atoms with Gasteiger partial charge in [-0.25, -0.2) is 0 Å². The summed E-state index contributed by atoms with van der Waals surface area (Å²) >= 11 is 0. The number of nitrogens with zero attached hydrogens (tertiary/aromatic N) is 2. The Morgan fingerprint density at radius 1 is 1.25 bits per heavy atom. The average Bonchev–Trinajstić information content (AvgIpc) is 2.10. The van der Waals surface area contributed by atoms with Crippen LogP contribution in [-0.4, -0.2) is 73.2 Å². The zero-order chi connectivity index (χ0) is 8.97. The van der Waals surface area contributed by atoms with Crippen LogP contribution < -0.4 is 0 Å². The van der Waals surface area contributed by atoms with Crippen molar-refractivity contribution in [2.75, 3.05) is 20.1 Å². The highest BCUT2D eigenvalue weighted by Crippen LogP contribution is 2.12. The maximum Gasteiger partial charge on any atom is 0.0674 e. The Hall–Kier alpha value is 0.788. The molecule has 1 fully saturated rings. The van der Waals surface area contributed by atoms with E-state index in [0.29, 0.717) is 18.4 Å². The van der Waals surface area contributed by atoms with Crippen molar-refractivity contribution in [3.8, 4) is 0 Å². The molecule has 6 heteroatoms. The fourth-order valence-corrected chi connectivity index (χ4v) is 24.9. The molecule has 12 heavy (non-hydrogen) atoms. The molecule has 0 N–H and O–H groups in total. The lowest BCUT2D eigenvalue weighted by atomic mass is 10.1. The van der Waals surface area contributed by atoms with Gasteiger partial charge < -0.3 is 9.13 Å². The molecule has 0 atom stereocenters. The minimum absolute atomic E-state index is 0.316. The second kappa shape index (κ2) is 5.50. The minimum Gasteiger partial charge on any atom is -0.358 e. The lowest BCUT2D eigenvalue weighted by Crippen LogP contribution is -2.47. The summed E-state index contributed by atoms with van der Waals surface area (Å²) in [5, 5.41) is 0. The molecule has 2 nitrogen and oxygen atoms in total. The molecule has 0 spiro atoms. The van der Waals surface area contributed by atoms with E-state index in [0.717, 1.165) is 6.04 Å². The van der Waals surface area contributed by atoms with E-state index in [4.69, 9.17) is 0 Å². The summed E-state index contributed by atoms with van der Waals surface area (Å²) in [5.41, 5.74) is 0. The van der Waals surface area contributed by atoms with E-state index in [1.807, 2.05) is 0 Å². The molecule has 1 aliphatic heterocycles. The first-order valence-electron chi connectivity index (χ1n) is 5.20. The number of rotatable bonds is 3. The van der Waals surface area contributed by atoms with Gasteiger partial charge in [0.1, 0.15) is 0 Å². The molecular formula is C6H22N2Si4. The lowest BCUT2D eigenvalue weighted by Gasteiger charge is -2.36. The van der Waals surface area contributed by atoms with Crippen LogP contribution in [0, 0.1) is 0 Å². The molecule has 0 saturated carbocycles. The second-order valence-corrected chi connectivity index (χ2v) is 11.3. The molecule has 1 rings (SSSR count). The van der Waals surface area contributed by atoms with Crippen LogP contribution in [0.15, 0.2) is 0 Å². The normalized spacial score (nSPS) is 24.5. The standard InChI is InChI=1S/C6H22N2Si4/c1-7-4-2-6(3-5-7)8(11-9)12-10/h6H,2-5,11-12H2,1,9-10H3. The molecule has 0 unspecified atom stereocenters. The highest BCUT2D eigenvalue weighted by atomic mass is 29.2. The average molecular weight is 235 g/mol. The van der Waals surface area contributed by atoms with E-state index in [1.165, 1.54) is 45.5 Å². The summed E-state index contributed by atoms with van der Waals surface area (Å²) in [5.74, 6) is 0. The molecule has 1 aliphatic rings. The summed E-state index contributed by atoms with van der Waals surface area (Å²) in [6.07, 6.45) is 2.95. The van der Waals surface area contributed by atoms with Crippen LogP contribution in [0.5, 0.6) is 0 Å². The molecule has 1 heterocycles. The third kappa shape index (κ3) is 2.93. The molecular weight excluding hydrogens is 212 g/mol. The molecule has 0 aromatic rings. The van der Waals surface area contributed by atoms with Crippen molar-refractivity contribution >= 4 is 37.9 Å². The SMILES string of the molecule is CN1CCC(N([SiH2][SiH3])[SiH2][SiH3])CC1. The van der Waals surface area contributed by atoms with Crippen molar-refractivity contribution in [1.29, 1.82) is 0 Å². The summed E-state index contributed by atoms with van der Waals surface area (Å²) < 4.78 is 2.99. The first kappa shape index (κ1) is 10.9. The molecule has 1 saturated heterocycles. The molecule has 0 radical (unpaired) electrons. The van der Waals surface area contributed by atoms with Crippen LogP contribution in [0.1, 0.15) is 12.8 Å². The maximum absolute atomic E-state index is 2.99. The quantitative estimate of drug-likeness (QED) is 0.461. The second-order valence-electron chi connectivity index (χ2n) is 3.76. The van der Waals surface area contributed by atoms with Crippen molar-refractivity contribution in [3.63, 3.8) is 0 Å². The van der Waals surface area contributed by atoms with E-state index < -0.39 is 0 Å². The van der Waals surface area contributed by atoms with Gasteiger partial charge in [0.2, 0.25) is 0 Å². The Morgan fingerprint density at radius 3 is 2.17 bits per heavy atom. The Kier molecular flexibility index (Phi) is 4.98. The first-order chi connectivity index (χ1) is 5.77. The highest BCUT2D eigenvalue weighted by Gasteiger charge is 2.19. The minimum atomic E-state index is 0.316. The van der Waals surface area contributed by atoms with Gasteiger partial charge in [-0.3, -0.25) is 0 Å². The van der Waals surface area contributed by atoms with Gasteiger partial charge in [-0.15, -0.1) is 0 Å². The molecule has 0 bridgehead atoms. The molecule has 0 aromatic carbocycles. The largest absolute Gasteiger partial charge is 0.358 e. The van der Waals surface area contributed by atoms with E-state index in [-0.39, 0.29) is 0 Å². The van der Waals surface area contributed by atoms with E-state index in [2.05, 4.69) is 16.2 Å². The van der Waals surface area contributed by atoms with Gasteiger partial charge in [0.25, 0.3) is 0 Å². The predicted octanol–water partition coefficient (Wildman–Crippen LogP) is -3.89. The van der Waals surface area contributed by atoms with Gasteiger partial charge >= 0.3 is 0 Å². The fraction of sp³-hybridized carbons (Fsp3) is 1.00. The van der Waals surface area contributed by atoms with Gasteiger partial charge in [0.15, 0.2) is 0 Å².